The van der Waals surface area contributed by atoms with E-state index >= 15 is 0 Å². The van der Waals surface area contributed by atoms with Crippen molar-refractivity contribution in [1.29, 1.82) is 0 Å². The average Bonchev–Trinajstić information content (AvgIpc) is 3.26. The highest BCUT2D eigenvalue weighted by molar-refractivity contribution is 6.13. The highest BCUT2D eigenvalue weighted by Gasteiger charge is 2.38. The minimum Gasteiger partial charge on any atom is -0.437 e. The van der Waals surface area contributed by atoms with Crippen LogP contribution in [0.5, 0.6) is 0 Å². The predicted octanol–water partition coefficient (Wildman–Crippen LogP) is 8.09. The van der Waals surface area contributed by atoms with Crippen molar-refractivity contribution in [3.8, 4) is 22.4 Å². The maximum Gasteiger partial charge on any atom is 0.227 e. The molecule has 0 aliphatic heterocycles. The first-order valence-corrected chi connectivity index (χ1v) is 11.7. The highest BCUT2D eigenvalue weighted by Crippen LogP contribution is 2.52. The van der Waals surface area contributed by atoms with Crippen LogP contribution in [0.1, 0.15) is 61.4 Å². The molecule has 0 N–H and O–H groups in total. The van der Waals surface area contributed by atoms with Crippen molar-refractivity contribution in [2.75, 3.05) is 0 Å². The molecule has 0 unspecified atom stereocenters. The summed E-state index contributed by atoms with van der Waals surface area (Å²) >= 11 is 0. The molecular formula is C30H28N2O. The normalized spacial score (nSPS) is 14.3. The van der Waals surface area contributed by atoms with E-state index in [4.69, 9.17) is 14.4 Å². The Morgan fingerprint density at radius 3 is 2.42 bits per heavy atom. The summed E-state index contributed by atoms with van der Waals surface area (Å²) in [7, 11) is 0. The molecule has 0 fully saturated rings. The third-order valence-corrected chi connectivity index (χ3v) is 7.42. The highest BCUT2D eigenvalue weighted by atomic mass is 16.3. The summed E-state index contributed by atoms with van der Waals surface area (Å²) < 4.78 is 6.50. The monoisotopic (exact) mass is 432 g/mol. The second-order valence-electron chi connectivity index (χ2n) is 10.2. The second-order valence-corrected chi connectivity index (χ2v) is 10.2. The lowest BCUT2D eigenvalue weighted by Gasteiger charge is -2.22. The number of aromatic nitrogens is 2. The van der Waals surface area contributed by atoms with Crippen LogP contribution >= 0.6 is 0 Å². The van der Waals surface area contributed by atoms with E-state index in [1.807, 2.05) is 12.4 Å². The maximum absolute atomic E-state index is 6.50. The third kappa shape index (κ3) is 2.68. The lowest BCUT2D eigenvalue weighted by molar-refractivity contribution is 0.646. The van der Waals surface area contributed by atoms with E-state index in [-0.39, 0.29) is 5.41 Å². The number of pyridine rings is 2. The van der Waals surface area contributed by atoms with Crippen molar-refractivity contribution in [3.05, 3.63) is 82.7 Å². The van der Waals surface area contributed by atoms with E-state index in [0.29, 0.717) is 11.6 Å². The quantitative estimate of drug-likeness (QED) is 0.283. The average molecular weight is 433 g/mol. The van der Waals surface area contributed by atoms with Crippen molar-refractivity contribution >= 4 is 22.1 Å². The number of rotatable bonds is 2. The van der Waals surface area contributed by atoms with Crippen molar-refractivity contribution in [2.45, 2.75) is 52.9 Å². The van der Waals surface area contributed by atoms with Crippen LogP contribution in [0.3, 0.4) is 0 Å². The molecule has 0 saturated heterocycles. The zero-order valence-corrected chi connectivity index (χ0v) is 20.1. The van der Waals surface area contributed by atoms with Gasteiger partial charge in [-0.3, -0.25) is 4.98 Å². The Hall–Kier alpha value is -3.46. The van der Waals surface area contributed by atoms with Gasteiger partial charge in [-0.1, -0.05) is 64.1 Å². The van der Waals surface area contributed by atoms with Crippen molar-refractivity contribution in [2.24, 2.45) is 0 Å². The molecule has 0 atom stereocenters. The maximum atomic E-state index is 6.50. The Balaban J connectivity index is 1.68. The first kappa shape index (κ1) is 20.2. The van der Waals surface area contributed by atoms with Gasteiger partial charge in [0.15, 0.2) is 0 Å². The van der Waals surface area contributed by atoms with Crippen molar-refractivity contribution in [1.82, 2.24) is 9.97 Å². The van der Waals surface area contributed by atoms with Gasteiger partial charge >= 0.3 is 0 Å². The lowest BCUT2D eigenvalue weighted by atomic mass is 9.81. The molecular weight excluding hydrogens is 404 g/mol. The number of benzene rings is 2. The van der Waals surface area contributed by atoms with Gasteiger partial charge in [0.25, 0.3) is 0 Å². The summed E-state index contributed by atoms with van der Waals surface area (Å²) in [5.74, 6) is 0.449. The Bertz CT molecular complexity index is 1590. The molecule has 1 aliphatic carbocycles. The van der Waals surface area contributed by atoms with Crippen LogP contribution in [0.25, 0.3) is 44.5 Å². The first-order valence-electron chi connectivity index (χ1n) is 11.7. The lowest BCUT2D eigenvalue weighted by Crippen LogP contribution is -2.15. The van der Waals surface area contributed by atoms with Gasteiger partial charge in [-0.25, -0.2) is 4.98 Å². The molecule has 0 amide bonds. The molecule has 1 aliphatic rings. The summed E-state index contributed by atoms with van der Waals surface area (Å²) in [6.07, 6.45) is 4.01. The SMILES string of the molecule is Cc1cc(-c2c(C)ccc3c2oc2ncc4c(c23)C(C)(C)c2ccccc2-4)ncc1C(C)C. The fraction of sp³-hybridized carbons (Fsp3) is 0.267. The number of nitrogens with zero attached hydrogens (tertiary/aromatic N) is 2. The van der Waals surface area contributed by atoms with Crippen molar-refractivity contribution < 1.29 is 4.42 Å². The van der Waals surface area contributed by atoms with E-state index in [1.54, 1.807) is 0 Å². The Labute approximate surface area is 194 Å². The van der Waals surface area contributed by atoms with Crippen LogP contribution in [-0.4, -0.2) is 9.97 Å². The van der Waals surface area contributed by atoms with Crippen LogP contribution in [0, 0.1) is 13.8 Å². The fourth-order valence-electron chi connectivity index (χ4n) is 5.78. The summed E-state index contributed by atoms with van der Waals surface area (Å²) in [5.41, 5.74) is 12.3. The minimum atomic E-state index is -0.122. The number of aryl methyl sites for hydroxylation is 2. The molecule has 3 heterocycles. The third-order valence-electron chi connectivity index (χ3n) is 7.42. The van der Waals surface area contributed by atoms with Gasteiger partial charge in [0.2, 0.25) is 5.71 Å². The van der Waals surface area contributed by atoms with Gasteiger partial charge in [-0.2, -0.15) is 0 Å². The van der Waals surface area contributed by atoms with Crippen LogP contribution in [-0.2, 0) is 5.41 Å². The molecule has 33 heavy (non-hydrogen) atoms. The summed E-state index contributed by atoms with van der Waals surface area (Å²) in [6.45, 7) is 13.3. The van der Waals surface area contributed by atoms with Crippen molar-refractivity contribution in [3.63, 3.8) is 0 Å². The van der Waals surface area contributed by atoms with Gasteiger partial charge in [-0.15, -0.1) is 0 Å². The molecule has 5 aromatic rings. The summed E-state index contributed by atoms with van der Waals surface area (Å²) in [4.78, 5) is 9.65. The molecule has 6 rings (SSSR count). The van der Waals surface area contributed by atoms with Crippen LogP contribution in [0.4, 0.5) is 0 Å². The fourth-order valence-corrected chi connectivity index (χ4v) is 5.78. The minimum absolute atomic E-state index is 0.122. The topological polar surface area (TPSA) is 38.9 Å². The van der Waals surface area contributed by atoms with E-state index in [9.17, 15) is 0 Å². The van der Waals surface area contributed by atoms with E-state index in [2.05, 4.69) is 84.0 Å². The summed E-state index contributed by atoms with van der Waals surface area (Å²) in [6, 6.07) is 15.3. The smallest absolute Gasteiger partial charge is 0.227 e. The molecule has 0 spiro atoms. The summed E-state index contributed by atoms with van der Waals surface area (Å²) in [5, 5.41) is 2.24. The molecule has 0 bridgehead atoms. The standard InChI is InChI=1S/C30H28N2O/c1-16(2)21-14-31-24(13-18(21)4)25-17(3)11-12-20-26-27-22(15-32-29(26)33-28(20)25)19-9-7-8-10-23(19)30(27,5)6/h7-16H,1-6H3. The van der Waals surface area contributed by atoms with Gasteiger partial charge in [0.1, 0.15) is 5.58 Å². The number of hydrogen-bond acceptors (Lipinski definition) is 3. The largest absolute Gasteiger partial charge is 0.437 e. The van der Waals surface area contributed by atoms with Gasteiger partial charge < -0.3 is 4.42 Å². The van der Waals surface area contributed by atoms with Crippen LogP contribution in [0.2, 0.25) is 0 Å². The van der Waals surface area contributed by atoms with Gasteiger partial charge in [0.05, 0.1) is 11.1 Å². The zero-order chi connectivity index (χ0) is 23.1. The van der Waals surface area contributed by atoms with E-state index in [0.717, 1.165) is 33.2 Å². The van der Waals surface area contributed by atoms with Gasteiger partial charge in [0, 0.05) is 34.3 Å². The molecule has 3 nitrogen and oxygen atoms in total. The molecule has 2 aromatic carbocycles. The first-order chi connectivity index (χ1) is 15.8. The molecule has 0 saturated carbocycles. The molecule has 0 radical (unpaired) electrons. The number of hydrogen-bond donors (Lipinski definition) is 0. The molecule has 3 heteroatoms. The number of furan rings is 1. The zero-order valence-electron chi connectivity index (χ0n) is 20.1. The van der Waals surface area contributed by atoms with E-state index < -0.39 is 0 Å². The Morgan fingerprint density at radius 2 is 1.67 bits per heavy atom. The number of fused-ring (bicyclic) bond motifs is 7. The molecule has 3 aromatic heterocycles. The van der Waals surface area contributed by atoms with Crippen LogP contribution < -0.4 is 0 Å². The van der Waals surface area contributed by atoms with Crippen LogP contribution in [0.15, 0.2) is 59.3 Å². The Morgan fingerprint density at radius 1 is 0.879 bits per heavy atom. The van der Waals surface area contributed by atoms with E-state index in [1.165, 1.54) is 33.4 Å². The molecule has 164 valence electrons. The predicted molar refractivity (Wildman–Crippen MR) is 136 cm³/mol. The van der Waals surface area contributed by atoms with Gasteiger partial charge in [-0.05, 0) is 59.2 Å². The Kier molecular flexibility index (Phi) is 4.14. The second kappa shape index (κ2) is 6.77.